The van der Waals surface area contributed by atoms with Crippen LogP contribution in [-0.2, 0) is 13.5 Å². The Bertz CT molecular complexity index is 1210. The van der Waals surface area contributed by atoms with E-state index in [2.05, 4.69) is 17.4 Å². The Labute approximate surface area is 162 Å². The first-order valence-corrected chi connectivity index (χ1v) is 9.40. The lowest BCUT2D eigenvalue weighted by molar-refractivity contribution is 0.0930. The summed E-state index contributed by atoms with van der Waals surface area (Å²) in [5.41, 5.74) is 2.50. The number of benzene rings is 2. The van der Waals surface area contributed by atoms with Crippen LogP contribution in [0.25, 0.3) is 21.9 Å². The van der Waals surface area contributed by atoms with E-state index in [1.165, 1.54) is 5.56 Å². The molecule has 5 nitrogen and oxygen atoms in total. The van der Waals surface area contributed by atoms with Gasteiger partial charge < -0.3 is 14.3 Å². The van der Waals surface area contributed by atoms with Crippen LogP contribution in [0.4, 0.5) is 0 Å². The van der Waals surface area contributed by atoms with Gasteiger partial charge in [-0.1, -0.05) is 42.5 Å². The summed E-state index contributed by atoms with van der Waals surface area (Å²) in [6.45, 7) is 1.99. The molecule has 0 radical (unpaired) electrons. The highest BCUT2D eigenvalue weighted by Gasteiger charge is 2.19. The van der Waals surface area contributed by atoms with Gasteiger partial charge in [0.25, 0.3) is 5.91 Å². The molecule has 2 aromatic carbocycles. The normalized spacial score (nSPS) is 12.4. The molecule has 0 saturated heterocycles. The van der Waals surface area contributed by atoms with Gasteiger partial charge in [-0.15, -0.1) is 0 Å². The quantitative estimate of drug-likeness (QED) is 0.536. The molecule has 0 fully saturated rings. The molecule has 28 heavy (non-hydrogen) atoms. The number of fused-ring (bicyclic) bond motifs is 3. The van der Waals surface area contributed by atoms with Gasteiger partial charge in [-0.2, -0.15) is 0 Å². The number of carbonyl (C=O) groups excluding carboxylic acids is 1. The molecule has 0 spiro atoms. The highest BCUT2D eigenvalue weighted by atomic mass is 16.4. The maximum Gasteiger partial charge on any atom is 0.345 e. The second kappa shape index (κ2) is 7.35. The van der Waals surface area contributed by atoms with E-state index in [1.54, 1.807) is 23.7 Å². The number of aromatic nitrogens is 1. The molecule has 1 atom stereocenters. The Morgan fingerprint density at radius 1 is 1.07 bits per heavy atom. The van der Waals surface area contributed by atoms with E-state index in [9.17, 15) is 9.59 Å². The highest BCUT2D eigenvalue weighted by Crippen LogP contribution is 2.25. The largest absolute Gasteiger partial charge is 0.422 e. The Hall–Kier alpha value is -3.34. The van der Waals surface area contributed by atoms with Crippen molar-refractivity contribution < 1.29 is 9.21 Å². The van der Waals surface area contributed by atoms with Crippen molar-refractivity contribution >= 4 is 27.8 Å². The van der Waals surface area contributed by atoms with E-state index in [1.807, 2.05) is 43.3 Å². The molecule has 0 aliphatic rings. The van der Waals surface area contributed by atoms with Gasteiger partial charge in [0.05, 0.1) is 10.9 Å². The van der Waals surface area contributed by atoms with Crippen molar-refractivity contribution in [2.24, 2.45) is 7.05 Å². The number of aryl methyl sites for hydroxylation is 2. The molecular weight excluding hydrogens is 352 g/mol. The topological polar surface area (TPSA) is 64.2 Å². The van der Waals surface area contributed by atoms with Crippen molar-refractivity contribution in [2.75, 3.05) is 0 Å². The van der Waals surface area contributed by atoms with Gasteiger partial charge in [0.1, 0.15) is 11.3 Å². The first-order valence-electron chi connectivity index (χ1n) is 9.40. The molecule has 2 aromatic heterocycles. The van der Waals surface area contributed by atoms with Gasteiger partial charge >= 0.3 is 5.63 Å². The molecule has 5 heteroatoms. The van der Waals surface area contributed by atoms with Crippen LogP contribution >= 0.6 is 0 Å². The van der Waals surface area contributed by atoms with Gasteiger partial charge in [0.2, 0.25) is 0 Å². The van der Waals surface area contributed by atoms with Crippen molar-refractivity contribution in [1.29, 1.82) is 0 Å². The average molecular weight is 374 g/mol. The summed E-state index contributed by atoms with van der Waals surface area (Å²) >= 11 is 0. The van der Waals surface area contributed by atoms with Crippen LogP contribution in [0.5, 0.6) is 0 Å². The van der Waals surface area contributed by atoms with Gasteiger partial charge in [-0.05, 0) is 43.5 Å². The molecule has 2 heterocycles. The molecule has 0 unspecified atom stereocenters. The minimum absolute atomic E-state index is 0.0128. The Morgan fingerprint density at radius 3 is 2.57 bits per heavy atom. The lowest BCUT2D eigenvalue weighted by Gasteiger charge is -2.14. The number of nitrogens with zero attached hydrogens (tertiary/aromatic N) is 1. The van der Waals surface area contributed by atoms with Crippen LogP contribution in [0.1, 0.15) is 29.4 Å². The van der Waals surface area contributed by atoms with Crippen LogP contribution < -0.4 is 10.9 Å². The third kappa shape index (κ3) is 3.31. The summed E-state index contributed by atoms with van der Waals surface area (Å²) in [5.74, 6) is -0.192. The zero-order chi connectivity index (χ0) is 19.7. The Kier molecular flexibility index (Phi) is 4.74. The highest BCUT2D eigenvalue weighted by molar-refractivity contribution is 6.07. The lowest BCUT2D eigenvalue weighted by atomic mass is 10.1. The van der Waals surface area contributed by atoms with Crippen molar-refractivity contribution in [2.45, 2.75) is 25.8 Å². The second-order valence-electron chi connectivity index (χ2n) is 7.14. The SMILES string of the molecule is C[C@H](CCc1ccccc1)NC(=O)c1cc2c(=O)oc3ccccc3c2n1C. The van der Waals surface area contributed by atoms with Crippen LogP contribution in [0.3, 0.4) is 0 Å². The van der Waals surface area contributed by atoms with Crippen molar-refractivity contribution in [1.82, 2.24) is 9.88 Å². The monoisotopic (exact) mass is 374 g/mol. The van der Waals surface area contributed by atoms with Crippen LogP contribution in [0.15, 0.2) is 69.9 Å². The maximum atomic E-state index is 12.8. The summed E-state index contributed by atoms with van der Waals surface area (Å²) < 4.78 is 7.16. The summed E-state index contributed by atoms with van der Waals surface area (Å²) in [6.07, 6.45) is 1.73. The molecule has 4 rings (SSSR count). The number of amides is 1. The van der Waals surface area contributed by atoms with Crippen molar-refractivity contribution in [3.05, 3.63) is 82.3 Å². The van der Waals surface area contributed by atoms with Gasteiger partial charge in [0, 0.05) is 18.5 Å². The predicted molar refractivity (Wildman–Crippen MR) is 111 cm³/mol. The fraction of sp³-hybridized carbons (Fsp3) is 0.217. The van der Waals surface area contributed by atoms with Crippen molar-refractivity contribution in [3.8, 4) is 0 Å². The molecule has 0 aliphatic heterocycles. The number of rotatable bonds is 5. The van der Waals surface area contributed by atoms with E-state index in [-0.39, 0.29) is 11.9 Å². The average Bonchev–Trinajstić information content (AvgIpc) is 3.06. The molecule has 0 aliphatic carbocycles. The van der Waals surface area contributed by atoms with Gasteiger partial charge in [-0.3, -0.25) is 4.79 Å². The number of hydrogen-bond donors (Lipinski definition) is 1. The second-order valence-corrected chi connectivity index (χ2v) is 7.14. The minimum Gasteiger partial charge on any atom is -0.422 e. The fourth-order valence-electron chi connectivity index (χ4n) is 3.61. The van der Waals surface area contributed by atoms with E-state index in [0.29, 0.717) is 22.2 Å². The van der Waals surface area contributed by atoms with E-state index in [0.717, 1.165) is 18.2 Å². The first kappa shape index (κ1) is 18.0. The third-order valence-electron chi connectivity index (χ3n) is 5.12. The fourth-order valence-corrected chi connectivity index (χ4v) is 3.61. The Balaban J connectivity index is 1.59. The zero-order valence-corrected chi connectivity index (χ0v) is 15.9. The lowest BCUT2D eigenvalue weighted by Crippen LogP contribution is -2.34. The Morgan fingerprint density at radius 2 is 1.79 bits per heavy atom. The predicted octanol–water partition coefficient (Wildman–Crippen LogP) is 4.04. The molecule has 4 aromatic rings. The van der Waals surface area contributed by atoms with Crippen LogP contribution in [0, 0.1) is 0 Å². The summed E-state index contributed by atoms with van der Waals surface area (Å²) in [5, 5.41) is 4.28. The number of nitrogens with one attached hydrogen (secondary N) is 1. The van der Waals surface area contributed by atoms with Crippen LogP contribution in [0.2, 0.25) is 0 Å². The van der Waals surface area contributed by atoms with E-state index >= 15 is 0 Å². The molecular formula is C23H22N2O3. The summed E-state index contributed by atoms with van der Waals surface area (Å²) in [7, 11) is 1.80. The molecule has 142 valence electrons. The summed E-state index contributed by atoms with van der Waals surface area (Å²) in [6, 6.07) is 19.2. The number of carbonyl (C=O) groups is 1. The molecule has 0 bridgehead atoms. The number of hydrogen-bond acceptors (Lipinski definition) is 3. The smallest absolute Gasteiger partial charge is 0.345 e. The first-order chi connectivity index (χ1) is 13.5. The van der Waals surface area contributed by atoms with Crippen LogP contribution in [-0.4, -0.2) is 16.5 Å². The van der Waals surface area contributed by atoms with E-state index < -0.39 is 5.63 Å². The van der Waals surface area contributed by atoms with E-state index in [4.69, 9.17) is 4.42 Å². The number of para-hydroxylation sites is 1. The summed E-state index contributed by atoms with van der Waals surface area (Å²) in [4.78, 5) is 25.2. The van der Waals surface area contributed by atoms with Gasteiger partial charge in [-0.25, -0.2) is 4.79 Å². The molecule has 0 saturated carbocycles. The van der Waals surface area contributed by atoms with Crippen molar-refractivity contribution in [3.63, 3.8) is 0 Å². The molecule has 1 N–H and O–H groups in total. The standard InChI is InChI=1S/C23H22N2O3/c1-15(12-13-16-8-4-3-5-9-16)24-22(26)19-14-18-21(25(19)2)17-10-6-7-11-20(17)28-23(18)27/h3-11,14-15H,12-13H2,1-2H3,(H,24,26)/t15-/m1/s1. The third-order valence-corrected chi connectivity index (χ3v) is 5.12. The molecule has 1 amide bonds. The van der Waals surface area contributed by atoms with Gasteiger partial charge in [0.15, 0.2) is 0 Å². The minimum atomic E-state index is -0.430. The maximum absolute atomic E-state index is 12.8. The zero-order valence-electron chi connectivity index (χ0n) is 15.9.